The molecule has 206 valence electrons. The van der Waals surface area contributed by atoms with Crippen molar-refractivity contribution in [2.24, 2.45) is 0 Å². The molecule has 1 N–H and O–H groups in total. The van der Waals surface area contributed by atoms with Gasteiger partial charge in [-0.2, -0.15) is 0 Å². The van der Waals surface area contributed by atoms with Gasteiger partial charge in [0.25, 0.3) is 0 Å². The van der Waals surface area contributed by atoms with E-state index in [9.17, 15) is 13.5 Å². The molecule has 0 saturated heterocycles. The second kappa shape index (κ2) is 12.2. The van der Waals surface area contributed by atoms with E-state index in [-0.39, 0.29) is 10.8 Å². The molecule has 0 aromatic heterocycles. The third-order valence-corrected chi connectivity index (χ3v) is 9.90. The molecule has 4 aromatic rings. The normalized spacial score (nSPS) is 12.0. The minimum absolute atomic E-state index is 0.0403. The lowest BCUT2D eigenvalue weighted by Crippen LogP contribution is -2.19. The van der Waals surface area contributed by atoms with Gasteiger partial charge in [0.15, 0.2) is 0 Å². The quantitative estimate of drug-likeness (QED) is 0.254. The van der Waals surface area contributed by atoms with Crippen molar-refractivity contribution in [3.63, 3.8) is 0 Å². The highest BCUT2D eigenvalue weighted by Crippen LogP contribution is 2.33. The van der Waals surface area contributed by atoms with E-state index in [0.717, 1.165) is 18.4 Å². The van der Waals surface area contributed by atoms with Crippen molar-refractivity contribution in [2.75, 3.05) is 0 Å². The van der Waals surface area contributed by atoms with Gasteiger partial charge < -0.3 is 5.11 Å². The minimum Gasteiger partial charge on any atom is -0.508 e. The number of aromatic hydroxyl groups is 1. The summed E-state index contributed by atoms with van der Waals surface area (Å²) < 4.78 is 25.3. The summed E-state index contributed by atoms with van der Waals surface area (Å²) in [6.45, 7) is 15.0. The number of benzene rings is 4. The van der Waals surface area contributed by atoms with E-state index in [1.807, 2.05) is 43.3 Å². The molecule has 0 aliphatic carbocycles. The Bertz CT molecular complexity index is 1400. The zero-order valence-electron chi connectivity index (χ0n) is 24.3. The van der Waals surface area contributed by atoms with Crippen LogP contribution < -0.4 is 0 Å². The van der Waals surface area contributed by atoms with Crippen molar-refractivity contribution in [2.45, 2.75) is 81.9 Å². The molecule has 0 spiro atoms. The number of phenols is 1. The lowest BCUT2D eigenvalue weighted by atomic mass is 9.78. The van der Waals surface area contributed by atoms with Crippen molar-refractivity contribution in [3.05, 3.63) is 125 Å². The zero-order valence-corrected chi connectivity index (χ0v) is 25.1. The van der Waals surface area contributed by atoms with Gasteiger partial charge in [-0.15, -0.1) is 0 Å². The second-order valence-electron chi connectivity index (χ2n) is 11.1. The lowest BCUT2D eigenvalue weighted by molar-refractivity contribution is 0.438. The summed E-state index contributed by atoms with van der Waals surface area (Å²) in [6.07, 6.45) is 2.07. The Kier molecular flexibility index (Phi) is 9.45. The van der Waals surface area contributed by atoms with Crippen LogP contribution in [0.5, 0.6) is 5.75 Å². The predicted molar refractivity (Wildman–Crippen MR) is 162 cm³/mol. The summed E-state index contributed by atoms with van der Waals surface area (Å²) in [5, 5.41) is 9.33. The Morgan fingerprint density at radius 1 is 0.564 bits per heavy atom. The van der Waals surface area contributed by atoms with Gasteiger partial charge in [-0.05, 0) is 85.2 Å². The van der Waals surface area contributed by atoms with E-state index in [1.165, 1.54) is 22.3 Å². The van der Waals surface area contributed by atoms with E-state index in [4.69, 9.17) is 0 Å². The molecule has 4 aromatic carbocycles. The third kappa shape index (κ3) is 6.99. The molecule has 4 heteroatoms. The molecule has 0 bridgehead atoms. The summed E-state index contributed by atoms with van der Waals surface area (Å²) in [6, 6.07) is 30.4. The van der Waals surface area contributed by atoms with Crippen LogP contribution in [0.4, 0.5) is 0 Å². The van der Waals surface area contributed by atoms with E-state index in [1.54, 1.807) is 36.4 Å². The number of aryl methyl sites for hydroxylation is 2. The summed E-state index contributed by atoms with van der Waals surface area (Å²) in [7, 11) is -3.43. The Morgan fingerprint density at radius 2 is 0.897 bits per heavy atom. The molecule has 0 unspecified atom stereocenters. The number of phenolic OH excluding ortho intramolecular Hbond substituents is 1. The van der Waals surface area contributed by atoms with Crippen molar-refractivity contribution < 1.29 is 13.5 Å². The lowest BCUT2D eigenvalue weighted by Gasteiger charge is -2.27. The smallest absolute Gasteiger partial charge is 0.206 e. The maximum atomic E-state index is 12.6. The van der Waals surface area contributed by atoms with Gasteiger partial charge >= 0.3 is 0 Å². The molecule has 0 saturated carbocycles. The van der Waals surface area contributed by atoms with Crippen LogP contribution in [0.15, 0.2) is 107 Å². The van der Waals surface area contributed by atoms with Crippen LogP contribution >= 0.6 is 0 Å². The van der Waals surface area contributed by atoms with Gasteiger partial charge in [-0.1, -0.05) is 106 Å². The molecule has 3 nitrogen and oxygen atoms in total. The molecule has 4 rings (SSSR count). The molecule has 0 radical (unpaired) electrons. The first-order valence-corrected chi connectivity index (χ1v) is 15.1. The molecular formula is C35H42O3S. The monoisotopic (exact) mass is 542 g/mol. The fraction of sp³-hybridized carbons (Fsp3) is 0.314. The second-order valence-corrected chi connectivity index (χ2v) is 13.1. The number of sulfone groups is 1. The number of hydrogen-bond donors (Lipinski definition) is 1. The van der Waals surface area contributed by atoms with Gasteiger partial charge in [0, 0.05) is 5.41 Å². The van der Waals surface area contributed by atoms with Gasteiger partial charge in [-0.3, -0.25) is 0 Å². The maximum absolute atomic E-state index is 12.6. The Labute approximate surface area is 235 Å². The third-order valence-electron chi connectivity index (χ3n) is 8.12. The highest BCUT2D eigenvalue weighted by molar-refractivity contribution is 7.91. The van der Waals surface area contributed by atoms with Crippen LogP contribution in [0.25, 0.3) is 0 Å². The van der Waals surface area contributed by atoms with Crippen LogP contribution in [0.2, 0.25) is 0 Å². The first-order valence-electron chi connectivity index (χ1n) is 13.6. The molecule has 0 atom stereocenters. The maximum Gasteiger partial charge on any atom is 0.206 e. The summed E-state index contributed by atoms with van der Waals surface area (Å²) in [4.78, 5) is 0.703. The van der Waals surface area contributed by atoms with E-state index in [0.29, 0.717) is 15.5 Å². The largest absolute Gasteiger partial charge is 0.508 e. The van der Waals surface area contributed by atoms with Crippen LogP contribution in [0.1, 0.15) is 75.3 Å². The Balaban J connectivity index is 0.000000223. The van der Waals surface area contributed by atoms with Gasteiger partial charge in [-0.25, -0.2) is 8.42 Å². The first-order chi connectivity index (χ1) is 18.3. The minimum atomic E-state index is -3.43. The molecule has 39 heavy (non-hydrogen) atoms. The number of hydrogen-bond acceptors (Lipinski definition) is 3. The van der Waals surface area contributed by atoms with E-state index in [2.05, 4.69) is 65.8 Å². The summed E-state index contributed by atoms with van der Waals surface area (Å²) in [5.41, 5.74) is 6.08. The van der Waals surface area contributed by atoms with Crippen molar-refractivity contribution in [1.82, 2.24) is 0 Å². The SMILES string of the molecule is CCC(C)(CC)c1ccc(S(=O)(=O)c2ccc(C)cc2)cc1.Cc1ccc(C(C)(C)c2ccc(O)cc2)cc1. The molecular weight excluding hydrogens is 500 g/mol. The molecule has 0 amide bonds. The van der Waals surface area contributed by atoms with Gasteiger partial charge in [0.1, 0.15) is 5.75 Å². The van der Waals surface area contributed by atoms with Crippen LogP contribution in [-0.4, -0.2) is 13.5 Å². The fourth-order valence-corrected chi connectivity index (χ4v) is 5.82. The summed E-state index contributed by atoms with van der Waals surface area (Å²) in [5.74, 6) is 0.313. The van der Waals surface area contributed by atoms with E-state index >= 15 is 0 Å². The van der Waals surface area contributed by atoms with Crippen molar-refractivity contribution in [3.8, 4) is 5.75 Å². The average molecular weight is 543 g/mol. The highest BCUT2D eigenvalue weighted by atomic mass is 32.2. The topological polar surface area (TPSA) is 54.4 Å². The molecule has 0 aliphatic rings. The van der Waals surface area contributed by atoms with Crippen molar-refractivity contribution >= 4 is 9.84 Å². The fourth-order valence-electron chi connectivity index (χ4n) is 4.56. The Hall–Kier alpha value is -3.37. The van der Waals surface area contributed by atoms with Crippen molar-refractivity contribution in [1.29, 1.82) is 0 Å². The van der Waals surface area contributed by atoms with Crippen LogP contribution in [0, 0.1) is 13.8 Å². The van der Waals surface area contributed by atoms with Gasteiger partial charge in [0.2, 0.25) is 9.84 Å². The van der Waals surface area contributed by atoms with Gasteiger partial charge in [0.05, 0.1) is 9.79 Å². The average Bonchev–Trinajstić information content (AvgIpc) is 2.94. The van der Waals surface area contributed by atoms with E-state index < -0.39 is 9.84 Å². The van der Waals surface area contributed by atoms with Crippen LogP contribution in [0.3, 0.4) is 0 Å². The zero-order chi connectivity index (χ0) is 28.8. The first kappa shape index (κ1) is 30.2. The number of rotatable bonds is 7. The molecule has 0 aliphatic heterocycles. The summed E-state index contributed by atoms with van der Waals surface area (Å²) >= 11 is 0. The van der Waals surface area contributed by atoms with Crippen LogP contribution in [-0.2, 0) is 20.7 Å². The standard InChI is InChI=1S/C19H24O2S.C16H18O/c1-5-19(4,6-2)16-9-13-18(14-10-16)22(20,21)17-11-7-15(3)8-12-17;1-12-4-6-13(7-5-12)16(2,3)14-8-10-15(17)11-9-14/h7-14H,5-6H2,1-4H3;4-11,17H,1-3H3. The molecule has 0 heterocycles. The predicted octanol–water partition coefficient (Wildman–Crippen LogP) is 8.93. The molecule has 0 fully saturated rings. The highest BCUT2D eigenvalue weighted by Gasteiger charge is 2.24. The Morgan fingerprint density at radius 3 is 1.31 bits per heavy atom.